The molecule has 2 saturated heterocycles. The minimum absolute atomic E-state index is 0.203. The van der Waals surface area contributed by atoms with E-state index in [1.54, 1.807) is 12.4 Å². The quantitative estimate of drug-likeness (QED) is 0.471. The van der Waals surface area contributed by atoms with Crippen LogP contribution in [0.1, 0.15) is 32.3 Å². The average molecular weight is 360 g/mol. The molecule has 2 fully saturated rings. The molecular weight excluding hydrogens is 332 g/mol. The fourth-order valence-corrected chi connectivity index (χ4v) is 3.22. The molecule has 1 unspecified atom stereocenters. The minimum atomic E-state index is -0.616. The van der Waals surface area contributed by atoms with Crippen molar-refractivity contribution in [2.24, 2.45) is 5.92 Å². The Morgan fingerprint density at radius 1 is 1.27 bits per heavy atom. The number of amides is 2. The van der Waals surface area contributed by atoms with Gasteiger partial charge >= 0.3 is 0 Å². The molecule has 1 aromatic heterocycles. The van der Waals surface area contributed by atoms with Crippen LogP contribution >= 0.6 is 0 Å². The van der Waals surface area contributed by atoms with Crippen LogP contribution in [0.15, 0.2) is 12.4 Å². The summed E-state index contributed by atoms with van der Waals surface area (Å²) in [6.07, 6.45) is 4.03. The smallest absolute Gasteiger partial charge is 0.235 e. The number of carbonyl (C=O) groups is 2. The number of aromatic nitrogens is 1. The largest absolute Gasteiger partial charge is 0.386 e. The van der Waals surface area contributed by atoms with Crippen LogP contribution < -0.4 is 20.9 Å². The van der Waals surface area contributed by atoms with Gasteiger partial charge in [0.1, 0.15) is 0 Å². The molecule has 4 N–H and O–H groups in total. The van der Waals surface area contributed by atoms with E-state index in [-0.39, 0.29) is 18.0 Å². The van der Waals surface area contributed by atoms with Crippen LogP contribution in [0.2, 0.25) is 0 Å². The molecule has 3 rings (SSSR count). The van der Waals surface area contributed by atoms with Gasteiger partial charge in [0.25, 0.3) is 0 Å². The predicted molar refractivity (Wildman–Crippen MR) is 103 cm³/mol. The molecule has 0 saturated carbocycles. The summed E-state index contributed by atoms with van der Waals surface area (Å²) in [5.74, 6) is -1.29. The summed E-state index contributed by atoms with van der Waals surface area (Å²) in [6.45, 7) is 7.53. The van der Waals surface area contributed by atoms with E-state index in [1.165, 1.54) is 0 Å². The number of hydrogen-bond acceptors (Lipinski definition) is 7. The first-order valence-electron chi connectivity index (χ1n) is 9.15. The highest BCUT2D eigenvalue weighted by Gasteiger charge is 2.32. The van der Waals surface area contributed by atoms with Crippen LogP contribution in [0.3, 0.4) is 0 Å². The number of hydrogen-bond donors (Lipinski definition) is 4. The number of nitrogens with one attached hydrogen (secondary N) is 4. The lowest BCUT2D eigenvalue weighted by Gasteiger charge is -2.32. The van der Waals surface area contributed by atoms with Gasteiger partial charge in [-0.1, -0.05) is 13.8 Å². The third kappa shape index (κ3) is 4.19. The van der Waals surface area contributed by atoms with Crippen LogP contribution in [-0.2, 0) is 9.59 Å². The van der Waals surface area contributed by atoms with Gasteiger partial charge in [0.05, 0.1) is 29.2 Å². The maximum Gasteiger partial charge on any atom is 0.235 e. The number of carbonyl (C=O) groups excluding carboxylic acids is 2. The van der Waals surface area contributed by atoms with Crippen molar-refractivity contribution in [3.63, 3.8) is 0 Å². The summed E-state index contributed by atoms with van der Waals surface area (Å²) in [6, 6.07) is 0. The molecular formula is C18H28N6O2. The van der Waals surface area contributed by atoms with Crippen molar-refractivity contribution in [3.05, 3.63) is 18.0 Å². The highest BCUT2D eigenvalue weighted by molar-refractivity contribution is 6.18. The van der Waals surface area contributed by atoms with Crippen LogP contribution in [0.25, 0.3) is 0 Å². The fraction of sp³-hybridized carbons (Fsp3) is 0.556. The summed E-state index contributed by atoms with van der Waals surface area (Å²) < 4.78 is 0. The number of imide groups is 1. The summed E-state index contributed by atoms with van der Waals surface area (Å²) >= 11 is 0. The van der Waals surface area contributed by atoms with Crippen molar-refractivity contribution in [2.45, 2.75) is 26.7 Å². The summed E-state index contributed by atoms with van der Waals surface area (Å²) in [4.78, 5) is 29.9. The zero-order valence-electron chi connectivity index (χ0n) is 15.7. The number of piperazine rings is 1. The number of rotatable bonds is 4. The van der Waals surface area contributed by atoms with E-state index in [2.05, 4.69) is 25.8 Å². The molecule has 8 nitrogen and oxygen atoms in total. The summed E-state index contributed by atoms with van der Waals surface area (Å²) in [5, 5.41) is 17.3. The second-order valence-electron chi connectivity index (χ2n) is 5.99. The Kier molecular flexibility index (Phi) is 7.08. The van der Waals surface area contributed by atoms with Crippen LogP contribution in [0.5, 0.6) is 0 Å². The van der Waals surface area contributed by atoms with Crippen LogP contribution in [0, 0.1) is 11.3 Å². The Hall–Kier alpha value is -2.48. The molecule has 0 radical (unpaired) electrons. The molecule has 0 aromatic carbocycles. The number of nitrogens with zero attached hydrogens (tertiary/aromatic N) is 2. The van der Waals surface area contributed by atoms with E-state index < -0.39 is 11.8 Å². The van der Waals surface area contributed by atoms with E-state index >= 15 is 0 Å². The lowest BCUT2D eigenvalue weighted by atomic mass is 9.89. The van der Waals surface area contributed by atoms with Crippen molar-refractivity contribution in [1.29, 1.82) is 5.41 Å². The Morgan fingerprint density at radius 3 is 2.58 bits per heavy atom. The molecule has 0 aliphatic carbocycles. The SMILES string of the molecule is CC.CNc1c(C(=N)C2CCC(=O)NC2=O)cncc1N1CCNCC1. The second kappa shape index (κ2) is 9.28. The van der Waals surface area contributed by atoms with Crippen molar-refractivity contribution >= 4 is 28.9 Å². The third-order valence-corrected chi connectivity index (χ3v) is 4.51. The molecule has 0 bridgehead atoms. The Morgan fingerprint density at radius 2 is 1.96 bits per heavy atom. The van der Waals surface area contributed by atoms with E-state index in [9.17, 15) is 9.59 Å². The first kappa shape index (κ1) is 19.8. The molecule has 2 aliphatic rings. The zero-order chi connectivity index (χ0) is 19.1. The van der Waals surface area contributed by atoms with Gasteiger partial charge in [0, 0.05) is 51.4 Å². The van der Waals surface area contributed by atoms with Gasteiger partial charge in [-0.15, -0.1) is 0 Å². The normalized spacial score (nSPS) is 20.0. The lowest BCUT2D eigenvalue weighted by molar-refractivity contribution is -0.134. The van der Waals surface area contributed by atoms with E-state index in [1.807, 2.05) is 20.9 Å². The molecule has 142 valence electrons. The molecule has 1 atom stereocenters. The van der Waals surface area contributed by atoms with E-state index in [0.29, 0.717) is 12.0 Å². The minimum Gasteiger partial charge on any atom is -0.386 e. The zero-order valence-corrected chi connectivity index (χ0v) is 15.7. The highest BCUT2D eigenvalue weighted by Crippen LogP contribution is 2.31. The van der Waals surface area contributed by atoms with Gasteiger partial charge < -0.3 is 20.9 Å². The van der Waals surface area contributed by atoms with Crippen molar-refractivity contribution < 1.29 is 9.59 Å². The number of anilines is 2. The average Bonchev–Trinajstić information content (AvgIpc) is 2.69. The third-order valence-electron chi connectivity index (χ3n) is 4.51. The van der Waals surface area contributed by atoms with Gasteiger partial charge in [0.15, 0.2) is 0 Å². The standard InChI is InChI=1S/C16H22N6O2.C2H6/c1-18-15-11(14(17)10-2-3-13(23)21-16(10)24)8-20-9-12(15)22-6-4-19-5-7-22;1-2/h8-10,17,19H,2-7H2,1H3,(H,18,20)(H,21,23,24);1-2H3. The summed E-state index contributed by atoms with van der Waals surface area (Å²) in [7, 11) is 1.81. The lowest BCUT2D eigenvalue weighted by Crippen LogP contribution is -2.45. The highest BCUT2D eigenvalue weighted by atomic mass is 16.2. The van der Waals surface area contributed by atoms with E-state index in [4.69, 9.17) is 5.41 Å². The van der Waals surface area contributed by atoms with E-state index in [0.717, 1.165) is 37.6 Å². The van der Waals surface area contributed by atoms with Gasteiger partial charge in [-0.25, -0.2) is 0 Å². The van der Waals surface area contributed by atoms with Gasteiger partial charge in [0.2, 0.25) is 11.8 Å². The topological polar surface area (TPSA) is 110 Å². The maximum absolute atomic E-state index is 12.1. The molecule has 3 heterocycles. The van der Waals surface area contributed by atoms with Gasteiger partial charge in [-0.3, -0.25) is 19.9 Å². The molecule has 26 heavy (non-hydrogen) atoms. The first-order chi connectivity index (χ1) is 12.6. The molecule has 2 aliphatic heterocycles. The number of piperidine rings is 1. The van der Waals surface area contributed by atoms with Gasteiger partial charge in [-0.05, 0) is 6.42 Å². The number of pyridine rings is 1. The monoisotopic (exact) mass is 360 g/mol. The molecule has 0 spiro atoms. The van der Waals surface area contributed by atoms with Gasteiger partial charge in [-0.2, -0.15) is 0 Å². The Bertz CT molecular complexity index is 670. The predicted octanol–water partition coefficient (Wildman–Crippen LogP) is 0.980. The van der Waals surface area contributed by atoms with Crippen molar-refractivity contribution in [2.75, 3.05) is 43.4 Å². The summed E-state index contributed by atoms with van der Waals surface area (Å²) in [5.41, 5.74) is 2.56. The Labute approximate surface area is 154 Å². The Balaban J connectivity index is 0.00000117. The van der Waals surface area contributed by atoms with Crippen molar-refractivity contribution in [3.8, 4) is 0 Å². The first-order valence-corrected chi connectivity index (χ1v) is 9.15. The van der Waals surface area contributed by atoms with Crippen LogP contribution in [0.4, 0.5) is 11.4 Å². The second-order valence-corrected chi connectivity index (χ2v) is 5.99. The molecule has 2 amide bonds. The maximum atomic E-state index is 12.1. The molecule has 1 aromatic rings. The van der Waals surface area contributed by atoms with Crippen molar-refractivity contribution in [1.82, 2.24) is 15.6 Å². The molecule has 8 heteroatoms. The van der Waals surface area contributed by atoms with Crippen LogP contribution in [-0.4, -0.2) is 55.7 Å². The fourth-order valence-electron chi connectivity index (χ4n) is 3.22.